The smallest absolute Gasteiger partial charge is 0.430 e. The zero-order chi connectivity index (χ0) is 21.3. The van der Waals surface area contributed by atoms with Gasteiger partial charge in [0.2, 0.25) is 6.10 Å². The van der Waals surface area contributed by atoms with Crippen LogP contribution in [0.4, 0.5) is 13.2 Å². The molecule has 0 radical (unpaired) electrons. The van der Waals surface area contributed by atoms with Crippen molar-refractivity contribution in [3.8, 4) is 23.0 Å². The molecule has 1 atom stereocenters. The van der Waals surface area contributed by atoms with Crippen molar-refractivity contribution in [1.29, 1.82) is 0 Å². The molecule has 1 aliphatic heterocycles. The minimum Gasteiger partial charge on any atom is -0.493 e. The van der Waals surface area contributed by atoms with Crippen LogP contribution >= 0.6 is 11.6 Å². The highest BCUT2D eigenvalue weighted by atomic mass is 35.5. The Morgan fingerprint density at radius 1 is 1.21 bits per heavy atom. The number of carbonyl (C=O) groups excluding carboxylic acids is 1. The highest BCUT2D eigenvalue weighted by Gasteiger charge is 2.48. The van der Waals surface area contributed by atoms with Crippen molar-refractivity contribution >= 4 is 29.9 Å². The number of hydrogen-bond donors (Lipinski definition) is 1. The number of aldehydes is 1. The minimum absolute atomic E-state index is 0.000291. The van der Waals surface area contributed by atoms with Gasteiger partial charge in [0, 0.05) is 17.2 Å². The molecular formula is C19H12ClF3O6. The Bertz CT molecular complexity index is 1020. The number of rotatable bonds is 5. The van der Waals surface area contributed by atoms with Crippen LogP contribution in [0.3, 0.4) is 0 Å². The molecule has 1 heterocycles. The molecule has 2 aromatic carbocycles. The van der Waals surface area contributed by atoms with Gasteiger partial charge in [-0.05, 0) is 30.3 Å². The predicted molar refractivity (Wildman–Crippen MR) is 96.0 cm³/mol. The normalized spacial score (nSPS) is 15.6. The van der Waals surface area contributed by atoms with Gasteiger partial charge in [0.1, 0.15) is 17.8 Å². The number of ether oxygens (including phenoxy) is 3. The van der Waals surface area contributed by atoms with Gasteiger partial charge < -0.3 is 19.3 Å². The summed E-state index contributed by atoms with van der Waals surface area (Å²) in [6.07, 6.45) is -6.11. The number of benzene rings is 2. The molecule has 0 amide bonds. The Hall–Kier alpha value is -3.20. The van der Waals surface area contributed by atoms with E-state index >= 15 is 0 Å². The van der Waals surface area contributed by atoms with E-state index < -0.39 is 23.8 Å². The third-order valence-electron chi connectivity index (χ3n) is 3.99. The van der Waals surface area contributed by atoms with Gasteiger partial charge in [0.05, 0.1) is 17.7 Å². The van der Waals surface area contributed by atoms with Crippen LogP contribution in [0.2, 0.25) is 5.02 Å². The van der Waals surface area contributed by atoms with Gasteiger partial charge in [0.25, 0.3) is 0 Å². The van der Waals surface area contributed by atoms with Crippen LogP contribution in [0.15, 0.2) is 35.9 Å². The molecule has 152 valence electrons. The van der Waals surface area contributed by atoms with E-state index in [9.17, 15) is 22.8 Å². The molecular weight excluding hydrogens is 417 g/mol. The van der Waals surface area contributed by atoms with Crippen LogP contribution in [-0.2, 0) is 4.79 Å². The van der Waals surface area contributed by atoms with Gasteiger partial charge in [-0.2, -0.15) is 13.2 Å². The van der Waals surface area contributed by atoms with Crippen LogP contribution in [0.25, 0.3) is 6.08 Å². The Morgan fingerprint density at radius 2 is 1.93 bits per heavy atom. The fourth-order valence-corrected chi connectivity index (χ4v) is 2.86. The molecule has 0 aliphatic carbocycles. The number of methoxy groups -OCH3 is 1. The van der Waals surface area contributed by atoms with Gasteiger partial charge in [-0.3, -0.25) is 4.79 Å². The SMILES string of the molecule is COc1cc(C=O)ccc1Oc1cc2c(cc1Cl)C=C(C(=O)O)C(C(F)(F)F)O2. The van der Waals surface area contributed by atoms with Crippen LogP contribution in [0.1, 0.15) is 15.9 Å². The van der Waals surface area contributed by atoms with E-state index in [2.05, 4.69) is 0 Å². The van der Waals surface area contributed by atoms with Crippen molar-refractivity contribution in [3.63, 3.8) is 0 Å². The summed E-state index contributed by atoms with van der Waals surface area (Å²) >= 11 is 6.14. The van der Waals surface area contributed by atoms with E-state index in [-0.39, 0.29) is 33.6 Å². The monoisotopic (exact) mass is 428 g/mol. The van der Waals surface area contributed by atoms with E-state index in [0.29, 0.717) is 11.8 Å². The molecule has 10 heteroatoms. The van der Waals surface area contributed by atoms with Crippen LogP contribution in [0.5, 0.6) is 23.0 Å². The van der Waals surface area contributed by atoms with E-state index in [0.717, 1.165) is 12.1 Å². The lowest BCUT2D eigenvalue weighted by atomic mass is 10.0. The summed E-state index contributed by atoms with van der Waals surface area (Å²) in [7, 11) is 1.35. The predicted octanol–water partition coefficient (Wildman–Crippen LogP) is 4.74. The second-order valence-electron chi connectivity index (χ2n) is 5.90. The summed E-state index contributed by atoms with van der Waals surface area (Å²) in [6, 6.07) is 6.65. The van der Waals surface area contributed by atoms with Crippen molar-refractivity contribution in [2.45, 2.75) is 12.3 Å². The Kier molecular flexibility index (Phi) is 5.43. The number of carboxylic acid groups (broad SMARTS) is 1. The molecule has 0 fully saturated rings. The molecule has 29 heavy (non-hydrogen) atoms. The van der Waals surface area contributed by atoms with Gasteiger partial charge >= 0.3 is 12.1 Å². The quantitative estimate of drug-likeness (QED) is 0.692. The second-order valence-corrected chi connectivity index (χ2v) is 6.30. The van der Waals surface area contributed by atoms with Gasteiger partial charge in [-0.1, -0.05) is 11.6 Å². The molecule has 6 nitrogen and oxygen atoms in total. The number of fused-ring (bicyclic) bond motifs is 1. The lowest BCUT2D eigenvalue weighted by Crippen LogP contribution is -2.40. The largest absolute Gasteiger partial charge is 0.493 e. The molecule has 1 aliphatic rings. The zero-order valence-electron chi connectivity index (χ0n) is 14.6. The van der Waals surface area contributed by atoms with Crippen LogP contribution < -0.4 is 14.2 Å². The fourth-order valence-electron chi connectivity index (χ4n) is 2.65. The number of carbonyl (C=O) groups is 2. The van der Waals surface area contributed by atoms with E-state index in [1.54, 1.807) is 0 Å². The Balaban J connectivity index is 2.02. The first kappa shape index (κ1) is 20.5. The van der Waals surface area contributed by atoms with Gasteiger partial charge in [0.15, 0.2) is 11.5 Å². The number of halogens is 4. The van der Waals surface area contributed by atoms with Gasteiger partial charge in [-0.25, -0.2) is 4.79 Å². The van der Waals surface area contributed by atoms with Crippen molar-refractivity contribution in [2.24, 2.45) is 0 Å². The third-order valence-corrected chi connectivity index (χ3v) is 4.29. The van der Waals surface area contributed by atoms with Crippen LogP contribution in [-0.4, -0.2) is 36.8 Å². The lowest BCUT2D eigenvalue weighted by molar-refractivity contribution is -0.187. The summed E-state index contributed by atoms with van der Waals surface area (Å²) in [5.41, 5.74) is -0.571. The first-order chi connectivity index (χ1) is 13.6. The molecule has 0 aromatic heterocycles. The summed E-state index contributed by atoms with van der Waals surface area (Å²) < 4.78 is 55.3. The van der Waals surface area contributed by atoms with Gasteiger partial charge in [-0.15, -0.1) is 0 Å². The summed E-state index contributed by atoms with van der Waals surface area (Å²) in [5.74, 6) is -1.69. The molecule has 1 N–H and O–H groups in total. The highest BCUT2D eigenvalue weighted by molar-refractivity contribution is 6.32. The van der Waals surface area contributed by atoms with Crippen molar-refractivity contribution in [3.05, 3.63) is 52.1 Å². The molecule has 0 spiro atoms. The molecule has 2 aromatic rings. The molecule has 0 bridgehead atoms. The molecule has 0 saturated carbocycles. The Morgan fingerprint density at radius 3 is 2.52 bits per heavy atom. The van der Waals surface area contributed by atoms with E-state index in [1.165, 1.54) is 31.4 Å². The molecule has 3 rings (SSSR count). The summed E-state index contributed by atoms with van der Waals surface area (Å²) in [5, 5.41) is 9.07. The highest BCUT2D eigenvalue weighted by Crippen LogP contribution is 2.43. The van der Waals surface area contributed by atoms with Crippen molar-refractivity contribution in [2.75, 3.05) is 7.11 Å². The first-order valence-corrected chi connectivity index (χ1v) is 8.34. The summed E-state index contributed by atoms with van der Waals surface area (Å²) in [6.45, 7) is 0. The number of hydrogen-bond acceptors (Lipinski definition) is 5. The number of carboxylic acids is 1. The topological polar surface area (TPSA) is 82.1 Å². The maximum Gasteiger partial charge on any atom is 0.430 e. The fraction of sp³-hybridized carbons (Fsp3) is 0.158. The van der Waals surface area contributed by atoms with E-state index in [1.807, 2.05) is 0 Å². The molecule has 1 unspecified atom stereocenters. The van der Waals surface area contributed by atoms with Crippen molar-refractivity contribution in [1.82, 2.24) is 0 Å². The average molecular weight is 429 g/mol. The summed E-state index contributed by atoms with van der Waals surface area (Å²) in [4.78, 5) is 22.1. The Labute approximate surface area is 167 Å². The van der Waals surface area contributed by atoms with Crippen LogP contribution in [0, 0.1) is 0 Å². The maximum absolute atomic E-state index is 13.2. The average Bonchev–Trinajstić information content (AvgIpc) is 2.67. The minimum atomic E-state index is -4.93. The second kappa shape index (κ2) is 7.67. The van der Waals surface area contributed by atoms with Crippen molar-refractivity contribution < 1.29 is 42.1 Å². The number of aliphatic carboxylic acids is 1. The first-order valence-electron chi connectivity index (χ1n) is 7.97. The molecule has 0 saturated heterocycles. The third kappa shape index (κ3) is 4.14. The lowest BCUT2D eigenvalue weighted by Gasteiger charge is -2.27. The number of alkyl halides is 3. The standard InChI is InChI=1S/C19H12ClF3O6/c1-27-16-4-9(8-24)2-3-13(16)28-15-7-14-10(6-12(15)20)5-11(18(25)26)17(29-14)19(21,22)23/h2-8,17H,1H3,(H,25,26). The zero-order valence-corrected chi connectivity index (χ0v) is 15.4. The van der Waals surface area contributed by atoms with E-state index in [4.69, 9.17) is 30.9 Å². The maximum atomic E-state index is 13.2.